The van der Waals surface area contributed by atoms with Crippen molar-refractivity contribution < 1.29 is 9.53 Å². The minimum Gasteiger partial charge on any atom is -0.458 e. The van der Waals surface area contributed by atoms with Crippen LogP contribution in [0.5, 0.6) is 6.01 Å². The number of hydrogen-bond donors (Lipinski definition) is 0. The third kappa shape index (κ3) is 3.64. The molecule has 0 spiro atoms. The number of carbonyl (C=O) groups is 1. The van der Waals surface area contributed by atoms with Gasteiger partial charge in [0.2, 0.25) is 0 Å². The van der Waals surface area contributed by atoms with Gasteiger partial charge in [-0.2, -0.15) is 0 Å². The zero-order valence-corrected chi connectivity index (χ0v) is 13.3. The molecule has 2 aromatic rings. The topological polar surface area (TPSA) is 86.0 Å². The SMILES string of the molecule is CCc1cnc(OC2CCCN(C(=O)c3cn(C)nn3)C2)nc1. The number of piperidine rings is 1. The Morgan fingerprint density at radius 2 is 2.17 bits per heavy atom. The molecule has 0 N–H and O–H groups in total. The molecular formula is C15H20N6O2. The Morgan fingerprint density at radius 3 is 2.83 bits per heavy atom. The van der Waals surface area contributed by atoms with Crippen LogP contribution in [0.3, 0.4) is 0 Å². The first-order valence-electron chi connectivity index (χ1n) is 7.79. The summed E-state index contributed by atoms with van der Waals surface area (Å²) in [5, 5.41) is 7.68. The van der Waals surface area contributed by atoms with Crippen molar-refractivity contribution in [3.8, 4) is 6.01 Å². The van der Waals surface area contributed by atoms with Crippen LogP contribution in [-0.4, -0.2) is 55.0 Å². The number of aromatic nitrogens is 5. The van der Waals surface area contributed by atoms with Crippen LogP contribution in [0.1, 0.15) is 35.8 Å². The monoisotopic (exact) mass is 316 g/mol. The van der Waals surface area contributed by atoms with Gasteiger partial charge in [0.05, 0.1) is 12.7 Å². The van der Waals surface area contributed by atoms with Crippen LogP contribution in [0.25, 0.3) is 0 Å². The number of ether oxygens (including phenoxy) is 1. The highest BCUT2D eigenvalue weighted by Crippen LogP contribution is 2.17. The molecule has 0 radical (unpaired) electrons. The van der Waals surface area contributed by atoms with E-state index in [1.165, 1.54) is 4.68 Å². The third-order valence-corrected chi connectivity index (χ3v) is 3.85. The van der Waals surface area contributed by atoms with Gasteiger partial charge >= 0.3 is 6.01 Å². The van der Waals surface area contributed by atoms with Gasteiger partial charge in [-0.25, -0.2) is 9.97 Å². The van der Waals surface area contributed by atoms with E-state index in [1.807, 2.05) is 0 Å². The molecule has 1 aliphatic heterocycles. The largest absolute Gasteiger partial charge is 0.458 e. The molecule has 1 atom stereocenters. The molecule has 8 nitrogen and oxygen atoms in total. The molecule has 3 heterocycles. The second-order valence-electron chi connectivity index (χ2n) is 5.64. The van der Waals surface area contributed by atoms with Crippen molar-refractivity contribution >= 4 is 5.91 Å². The summed E-state index contributed by atoms with van der Waals surface area (Å²) < 4.78 is 7.34. The van der Waals surface area contributed by atoms with Gasteiger partial charge in [0.15, 0.2) is 5.69 Å². The van der Waals surface area contributed by atoms with Crippen molar-refractivity contribution in [3.63, 3.8) is 0 Å². The zero-order valence-electron chi connectivity index (χ0n) is 13.3. The predicted octanol–water partition coefficient (Wildman–Crippen LogP) is 0.851. The molecule has 23 heavy (non-hydrogen) atoms. The Bertz CT molecular complexity index is 669. The molecule has 0 bridgehead atoms. The Morgan fingerprint density at radius 1 is 1.39 bits per heavy atom. The highest BCUT2D eigenvalue weighted by molar-refractivity contribution is 5.92. The van der Waals surface area contributed by atoms with Gasteiger partial charge in [0, 0.05) is 26.0 Å². The van der Waals surface area contributed by atoms with Crippen LogP contribution >= 0.6 is 0 Å². The molecule has 3 rings (SSSR count). The van der Waals surface area contributed by atoms with Crippen LogP contribution in [0.4, 0.5) is 0 Å². The average molecular weight is 316 g/mol. The Balaban J connectivity index is 1.62. The molecule has 1 unspecified atom stereocenters. The number of likely N-dealkylation sites (tertiary alicyclic amines) is 1. The van der Waals surface area contributed by atoms with Crippen molar-refractivity contribution in [1.82, 2.24) is 29.9 Å². The zero-order chi connectivity index (χ0) is 16.2. The smallest absolute Gasteiger partial charge is 0.316 e. The van der Waals surface area contributed by atoms with E-state index < -0.39 is 0 Å². The fourth-order valence-electron chi connectivity index (χ4n) is 2.56. The Hall–Kier alpha value is -2.51. The van der Waals surface area contributed by atoms with Crippen LogP contribution in [-0.2, 0) is 13.5 Å². The summed E-state index contributed by atoms with van der Waals surface area (Å²) in [6, 6.07) is 0.362. The van der Waals surface area contributed by atoms with E-state index >= 15 is 0 Å². The summed E-state index contributed by atoms with van der Waals surface area (Å²) in [4.78, 5) is 22.6. The lowest BCUT2D eigenvalue weighted by molar-refractivity contribution is 0.0510. The number of nitrogens with zero attached hydrogens (tertiary/aromatic N) is 6. The van der Waals surface area contributed by atoms with Gasteiger partial charge in [-0.3, -0.25) is 9.48 Å². The second kappa shape index (κ2) is 6.72. The first kappa shape index (κ1) is 15.4. The standard InChI is InChI=1S/C15H20N6O2/c1-3-11-7-16-15(17-8-11)23-12-5-4-6-21(9-12)14(22)13-10-20(2)19-18-13/h7-8,10,12H,3-6,9H2,1-2H3. The van der Waals surface area contributed by atoms with Crippen LogP contribution in [0, 0.1) is 0 Å². The third-order valence-electron chi connectivity index (χ3n) is 3.85. The van der Waals surface area contributed by atoms with Crippen molar-refractivity contribution in [2.24, 2.45) is 7.05 Å². The average Bonchev–Trinajstić information content (AvgIpc) is 3.01. The first-order valence-corrected chi connectivity index (χ1v) is 7.79. The number of aryl methyl sites for hydroxylation is 2. The van der Waals surface area contributed by atoms with Gasteiger partial charge in [-0.05, 0) is 24.8 Å². The molecule has 1 saturated heterocycles. The highest BCUT2D eigenvalue weighted by Gasteiger charge is 2.27. The van der Waals surface area contributed by atoms with Gasteiger partial charge in [-0.1, -0.05) is 12.1 Å². The molecule has 1 amide bonds. The predicted molar refractivity (Wildman–Crippen MR) is 82.0 cm³/mol. The van der Waals surface area contributed by atoms with Crippen molar-refractivity contribution in [3.05, 3.63) is 29.8 Å². The minimum absolute atomic E-state index is 0.100. The number of rotatable bonds is 4. The molecule has 1 aliphatic rings. The quantitative estimate of drug-likeness (QED) is 0.831. The normalized spacial score (nSPS) is 18.0. The maximum Gasteiger partial charge on any atom is 0.316 e. The summed E-state index contributed by atoms with van der Waals surface area (Å²) in [7, 11) is 1.74. The lowest BCUT2D eigenvalue weighted by Crippen LogP contribution is -2.44. The molecule has 0 saturated carbocycles. The summed E-state index contributed by atoms with van der Waals surface area (Å²) in [5.74, 6) is -0.117. The number of amides is 1. The molecule has 0 aliphatic carbocycles. The lowest BCUT2D eigenvalue weighted by atomic mass is 10.1. The van der Waals surface area contributed by atoms with E-state index in [4.69, 9.17) is 4.74 Å². The molecule has 0 aromatic carbocycles. The van der Waals surface area contributed by atoms with Crippen LogP contribution in [0.2, 0.25) is 0 Å². The molecule has 2 aromatic heterocycles. The maximum absolute atomic E-state index is 12.4. The number of carbonyl (C=O) groups excluding carboxylic acids is 1. The van der Waals surface area contributed by atoms with Gasteiger partial charge in [-0.15, -0.1) is 5.10 Å². The molecule has 1 fully saturated rings. The molecular weight excluding hydrogens is 296 g/mol. The fraction of sp³-hybridized carbons (Fsp3) is 0.533. The summed E-state index contributed by atoms with van der Waals surface area (Å²) in [6.45, 7) is 3.26. The summed E-state index contributed by atoms with van der Waals surface area (Å²) >= 11 is 0. The fourth-order valence-corrected chi connectivity index (χ4v) is 2.56. The summed E-state index contributed by atoms with van der Waals surface area (Å²) in [6.07, 6.45) is 7.72. The number of hydrogen-bond acceptors (Lipinski definition) is 6. The van der Waals surface area contributed by atoms with E-state index in [2.05, 4.69) is 27.2 Å². The van der Waals surface area contributed by atoms with E-state index in [0.717, 1.165) is 24.8 Å². The van der Waals surface area contributed by atoms with Gasteiger partial charge < -0.3 is 9.64 Å². The summed E-state index contributed by atoms with van der Waals surface area (Å²) in [5.41, 5.74) is 1.43. The van der Waals surface area contributed by atoms with Crippen molar-refractivity contribution in [2.75, 3.05) is 13.1 Å². The van der Waals surface area contributed by atoms with Crippen LogP contribution < -0.4 is 4.74 Å². The van der Waals surface area contributed by atoms with Crippen molar-refractivity contribution in [2.45, 2.75) is 32.3 Å². The van der Waals surface area contributed by atoms with E-state index in [0.29, 0.717) is 24.8 Å². The Kier molecular flexibility index (Phi) is 4.50. The van der Waals surface area contributed by atoms with Gasteiger partial charge in [0.1, 0.15) is 6.10 Å². The first-order chi connectivity index (χ1) is 11.2. The lowest BCUT2D eigenvalue weighted by Gasteiger charge is -2.31. The molecule has 8 heteroatoms. The maximum atomic E-state index is 12.4. The van der Waals surface area contributed by atoms with E-state index in [-0.39, 0.29) is 12.0 Å². The minimum atomic E-state index is -0.117. The Labute approximate surface area is 134 Å². The van der Waals surface area contributed by atoms with E-state index in [9.17, 15) is 4.79 Å². The molecule has 122 valence electrons. The highest BCUT2D eigenvalue weighted by atomic mass is 16.5. The van der Waals surface area contributed by atoms with Crippen LogP contribution in [0.15, 0.2) is 18.6 Å². The van der Waals surface area contributed by atoms with Crippen molar-refractivity contribution in [1.29, 1.82) is 0 Å². The van der Waals surface area contributed by atoms with E-state index in [1.54, 1.807) is 30.5 Å². The van der Waals surface area contributed by atoms with Gasteiger partial charge in [0.25, 0.3) is 5.91 Å². The second-order valence-corrected chi connectivity index (χ2v) is 5.64.